The average molecular weight is 424 g/mol. The van der Waals surface area contributed by atoms with Crippen LogP contribution >= 0.6 is 38.6 Å². The van der Waals surface area contributed by atoms with Gasteiger partial charge in [0.05, 0.1) is 3.79 Å². The van der Waals surface area contributed by atoms with E-state index in [0.717, 1.165) is 25.3 Å². The van der Waals surface area contributed by atoms with Crippen molar-refractivity contribution in [3.63, 3.8) is 0 Å². The van der Waals surface area contributed by atoms with Crippen molar-refractivity contribution in [2.24, 2.45) is 0 Å². The Labute approximate surface area is 149 Å². The molecule has 126 valence electrons. The largest absolute Gasteiger partial charge is 0.382 e. The third-order valence-electron chi connectivity index (χ3n) is 3.39. The molecule has 2 atom stereocenters. The number of carbonyl (C=O) groups excluding carboxylic acids is 1. The van der Waals surface area contributed by atoms with Crippen LogP contribution in [0.4, 0.5) is 8.78 Å². The molecule has 0 aliphatic heterocycles. The number of carbonyl (C=O) groups is 1. The zero-order valence-corrected chi connectivity index (χ0v) is 15.7. The van der Waals surface area contributed by atoms with Crippen molar-refractivity contribution in [1.82, 2.24) is 5.32 Å². The minimum absolute atomic E-state index is 0.240. The summed E-state index contributed by atoms with van der Waals surface area (Å²) in [6, 6.07) is 6.48. The molecule has 2 heterocycles. The second-order valence-electron chi connectivity index (χ2n) is 5.32. The van der Waals surface area contributed by atoms with E-state index in [9.17, 15) is 18.7 Å². The molecule has 0 saturated heterocycles. The topological polar surface area (TPSA) is 49.3 Å². The van der Waals surface area contributed by atoms with Gasteiger partial charge in [-0.2, -0.15) is 0 Å². The van der Waals surface area contributed by atoms with Crippen LogP contribution < -0.4 is 5.32 Å². The SMILES string of the molecule is CC(=O)[C@@H](NCc1ccc(-c2ccc(Br)s2)s1)[C@](C)(O)C(F)F. The van der Waals surface area contributed by atoms with Crippen molar-refractivity contribution >= 4 is 44.4 Å². The molecule has 3 nitrogen and oxygen atoms in total. The van der Waals surface area contributed by atoms with E-state index < -0.39 is 23.9 Å². The third-order valence-corrected chi connectivity index (χ3v) is 6.30. The van der Waals surface area contributed by atoms with Crippen molar-refractivity contribution < 1.29 is 18.7 Å². The highest BCUT2D eigenvalue weighted by atomic mass is 79.9. The standard InChI is InChI=1S/C15H16BrF2NO2S2/c1-8(20)13(15(2,21)14(17)18)19-7-9-3-4-10(22-9)11-5-6-12(16)23-11/h3-6,13-14,19,21H,7H2,1-2H3/t13-,15+/m1/s1. The van der Waals surface area contributed by atoms with E-state index in [1.54, 1.807) is 11.3 Å². The first-order valence-electron chi connectivity index (χ1n) is 6.80. The number of hydrogen-bond acceptors (Lipinski definition) is 5. The van der Waals surface area contributed by atoms with E-state index in [-0.39, 0.29) is 6.54 Å². The second kappa shape index (κ2) is 7.48. The molecule has 8 heteroatoms. The quantitative estimate of drug-likeness (QED) is 0.697. The second-order valence-corrected chi connectivity index (χ2v) is 8.95. The van der Waals surface area contributed by atoms with Crippen molar-refractivity contribution in [2.75, 3.05) is 0 Å². The zero-order valence-electron chi connectivity index (χ0n) is 12.5. The number of aliphatic hydroxyl groups is 1. The summed E-state index contributed by atoms with van der Waals surface area (Å²) < 4.78 is 26.9. The van der Waals surface area contributed by atoms with Gasteiger partial charge in [-0.25, -0.2) is 8.78 Å². The molecule has 0 aliphatic rings. The minimum Gasteiger partial charge on any atom is -0.382 e. The average Bonchev–Trinajstić information content (AvgIpc) is 3.07. The summed E-state index contributed by atoms with van der Waals surface area (Å²) in [6.07, 6.45) is -3.01. The Morgan fingerprint density at radius 1 is 1.30 bits per heavy atom. The fourth-order valence-corrected chi connectivity index (χ4v) is 4.58. The molecule has 0 aliphatic carbocycles. The summed E-state index contributed by atoms with van der Waals surface area (Å²) in [4.78, 5) is 14.7. The maximum atomic E-state index is 12.9. The van der Waals surface area contributed by atoms with E-state index in [4.69, 9.17) is 0 Å². The van der Waals surface area contributed by atoms with Gasteiger partial charge in [0.2, 0.25) is 0 Å². The maximum absolute atomic E-state index is 12.9. The first-order valence-corrected chi connectivity index (χ1v) is 9.23. The molecule has 0 fully saturated rings. The number of rotatable bonds is 7. The van der Waals surface area contributed by atoms with E-state index in [2.05, 4.69) is 21.2 Å². The van der Waals surface area contributed by atoms with Gasteiger partial charge in [-0.1, -0.05) is 0 Å². The van der Waals surface area contributed by atoms with Gasteiger partial charge in [-0.05, 0) is 54.0 Å². The summed E-state index contributed by atoms with van der Waals surface area (Å²) in [5, 5.41) is 12.6. The van der Waals surface area contributed by atoms with Crippen LogP contribution in [0, 0.1) is 0 Å². The van der Waals surface area contributed by atoms with Crippen LogP contribution in [-0.4, -0.2) is 29.0 Å². The molecular formula is C15H16BrF2NO2S2. The molecule has 0 radical (unpaired) electrons. The Morgan fingerprint density at radius 2 is 1.91 bits per heavy atom. The fraction of sp³-hybridized carbons (Fsp3) is 0.400. The molecule has 0 bridgehead atoms. The van der Waals surface area contributed by atoms with E-state index >= 15 is 0 Å². The lowest BCUT2D eigenvalue weighted by molar-refractivity contribution is -0.139. The van der Waals surface area contributed by atoms with E-state index in [0.29, 0.717) is 0 Å². The van der Waals surface area contributed by atoms with Crippen molar-refractivity contribution in [1.29, 1.82) is 0 Å². The Kier molecular flexibility index (Phi) is 6.07. The zero-order chi connectivity index (χ0) is 17.2. The maximum Gasteiger partial charge on any atom is 0.268 e. The summed E-state index contributed by atoms with van der Waals surface area (Å²) in [6.45, 7) is 2.40. The van der Waals surface area contributed by atoms with Gasteiger partial charge in [-0.3, -0.25) is 10.1 Å². The third kappa shape index (κ3) is 4.45. The molecule has 0 saturated carbocycles. The molecule has 2 aromatic rings. The van der Waals surface area contributed by atoms with Gasteiger partial charge in [0.1, 0.15) is 17.4 Å². The predicted octanol–water partition coefficient (Wildman–Crippen LogP) is 4.30. The Balaban J connectivity index is 2.07. The Hall–Kier alpha value is -0.670. The molecule has 2 aromatic heterocycles. The van der Waals surface area contributed by atoms with Crippen LogP contribution in [0.15, 0.2) is 28.1 Å². The van der Waals surface area contributed by atoms with Gasteiger partial charge in [0, 0.05) is 21.2 Å². The van der Waals surface area contributed by atoms with Gasteiger partial charge in [0.15, 0.2) is 0 Å². The van der Waals surface area contributed by atoms with Gasteiger partial charge in [0.25, 0.3) is 6.43 Å². The number of hydrogen-bond donors (Lipinski definition) is 2. The number of halogens is 3. The van der Waals surface area contributed by atoms with Crippen LogP contribution in [0.2, 0.25) is 0 Å². The fourth-order valence-electron chi connectivity index (χ4n) is 2.14. The first kappa shape index (κ1) is 18.7. The van der Waals surface area contributed by atoms with E-state index in [1.807, 2.05) is 24.3 Å². The number of ketones is 1. The van der Waals surface area contributed by atoms with E-state index in [1.165, 1.54) is 18.3 Å². The predicted molar refractivity (Wildman–Crippen MR) is 93.3 cm³/mol. The number of thiophene rings is 2. The first-order chi connectivity index (χ1) is 10.7. The van der Waals surface area contributed by atoms with Crippen molar-refractivity contribution in [3.8, 4) is 9.75 Å². The number of Topliss-reactive ketones (excluding diaryl/α,β-unsaturated/α-hetero) is 1. The van der Waals surface area contributed by atoms with Crippen LogP contribution in [0.3, 0.4) is 0 Å². The highest BCUT2D eigenvalue weighted by molar-refractivity contribution is 9.11. The van der Waals surface area contributed by atoms with Crippen LogP contribution in [-0.2, 0) is 11.3 Å². The smallest absolute Gasteiger partial charge is 0.268 e. The van der Waals surface area contributed by atoms with Gasteiger partial charge >= 0.3 is 0 Å². The van der Waals surface area contributed by atoms with Crippen LogP contribution in [0.5, 0.6) is 0 Å². The molecule has 0 amide bonds. The van der Waals surface area contributed by atoms with Crippen LogP contribution in [0.1, 0.15) is 18.7 Å². The molecule has 0 unspecified atom stereocenters. The lowest BCUT2D eigenvalue weighted by atomic mass is 9.94. The highest BCUT2D eigenvalue weighted by Crippen LogP contribution is 2.35. The van der Waals surface area contributed by atoms with Crippen LogP contribution in [0.25, 0.3) is 9.75 Å². The lowest BCUT2D eigenvalue weighted by Gasteiger charge is -2.30. The summed E-state index contributed by atoms with van der Waals surface area (Å²) >= 11 is 6.54. The normalized spacial score (nSPS) is 15.6. The van der Waals surface area contributed by atoms with Crippen molar-refractivity contribution in [2.45, 2.75) is 38.5 Å². The molecule has 23 heavy (non-hydrogen) atoms. The molecule has 2 rings (SSSR count). The van der Waals surface area contributed by atoms with Crippen molar-refractivity contribution in [3.05, 3.63) is 32.9 Å². The Bertz CT molecular complexity index is 685. The lowest BCUT2D eigenvalue weighted by Crippen LogP contribution is -2.56. The Morgan fingerprint density at radius 3 is 2.43 bits per heavy atom. The van der Waals surface area contributed by atoms with Gasteiger partial charge < -0.3 is 5.11 Å². The molecule has 0 aromatic carbocycles. The summed E-state index contributed by atoms with van der Waals surface area (Å²) in [5.74, 6) is -0.519. The minimum atomic E-state index is -3.01. The van der Waals surface area contributed by atoms with Gasteiger partial charge in [-0.15, -0.1) is 22.7 Å². The summed E-state index contributed by atoms with van der Waals surface area (Å²) in [7, 11) is 0. The number of nitrogens with one attached hydrogen (secondary N) is 1. The summed E-state index contributed by atoms with van der Waals surface area (Å²) in [5.41, 5.74) is -2.40. The number of alkyl halides is 2. The molecular weight excluding hydrogens is 408 g/mol. The monoisotopic (exact) mass is 423 g/mol. The highest BCUT2D eigenvalue weighted by Gasteiger charge is 2.43. The molecule has 2 N–H and O–H groups in total. The molecule has 0 spiro atoms.